The minimum absolute atomic E-state index is 0.0143. The van der Waals surface area contributed by atoms with Gasteiger partial charge in [-0.3, -0.25) is 18.6 Å². The molecule has 364 valence electrons. The van der Waals surface area contributed by atoms with Crippen LogP contribution in [0, 0.1) is 0 Å². The van der Waals surface area contributed by atoms with E-state index in [9.17, 15) is 19.0 Å². The summed E-state index contributed by atoms with van der Waals surface area (Å²) in [6.07, 6.45) is 54.8. The summed E-state index contributed by atoms with van der Waals surface area (Å²) >= 11 is 0. The number of carboxylic acids is 1. The smallest absolute Gasteiger partial charge is 0.472 e. The van der Waals surface area contributed by atoms with E-state index in [1.165, 1.54) is 161 Å². The Morgan fingerprint density at radius 2 is 0.887 bits per heavy atom. The Kier molecular flexibility index (Phi) is 45.8. The van der Waals surface area contributed by atoms with Crippen LogP contribution < -0.4 is 5.73 Å². The van der Waals surface area contributed by atoms with Gasteiger partial charge in [0.1, 0.15) is 12.1 Å². The summed E-state index contributed by atoms with van der Waals surface area (Å²) in [5, 5.41) is 8.93. The monoisotopic (exact) mass is 898 g/mol. The fraction of sp³-hybridized carbons (Fsp3) is 0.843. The van der Waals surface area contributed by atoms with Gasteiger partial charge < -0.3 is 25.2 Å². The van der Waals surface area contributed by atoms with Gasteiger partial charge in [0.15, 0.2) is 0 Å². The predicted octanol–water partition coefficient (Wildman–Crippen LogP) is 14.8. The molecule has 0 saturated carbocycles. The van der Waals surface area contributed by atoms with Crippen LogP contribution in [0.5, 0.6) is 0 Å². The van der Waals surface area contributed by atoms with Gasteiger partial charge in [-0.15, -0.1) is 0 Å². The van der Waals surface area contributed by atoms with Gasteiger partial charge in [0, 0.05) is 13.0 Å². The fourth-order valence-corrected chi connectivity index (χ4v) is 7.94. The molecule has 0 fully saturated rings. The topological polar surface area (TPSA) is 155 Å². The third-order valence-corrected chi connectivity index (χ3v) is 12.1. The van der Waals surface area contributed by atoms with Crippen molar-refractivity contribution in [1.29, 1.82) is 0 Å². The van der Waals surface area contributed by atoms with Crippen molar-refractivity contribution in [2.45, 2.75) is 251 Å². The van der Waals surface area contributed by atoms with Gasteiger partial charge in [0.2, 0.25) is 0 Å². The highest BCUT2D eigenvalue weighted by Crippen LogP contribution is 2.43. The molecule has 0 aromatic heterocycles. The van der Waals surface area contributed by atoms with Crippen LogP contribution in [-0.4, -0.2) is 60.5 Å². The van der Waals surface area contributed by atoms with Crippen molar-refractivity contribution in [1.82, 2.24) is 0 Å². The number of carbonyl (C=O) groups excluding carboxylic acids is 1. The van der Waals surface area contributed by atoms with E-state index in [0.29, 0.717) is 13.0 Å². The van der Waals surface area contributed by atoms with Crippen LogP contribution in [0.2, 0.25) is 0 Å². The number of esters is 1. The molecule has 0 aliphatic rings. The molecule has 0 rings (SSSR count). The first kappa shape index (κ1) is 60.2. The van der Waals surface area contributed by atoms with Crippen LogP contribution in [0.15, 0.2) is 36.5 Å². The summed E-state index contributed by atoms with van der Waals surface area (Å²) in [4.78, 5) is 33.7. The summed E-state index contributed by atoms with van der Waals surface area (Å²) in [5.41, 5.74) is 5.37. The van der Waals surface area contributed by atoms with E-state index in [1.54, 1.807) is 0 Å². The number of carbonyl (C=O) groups is 2. The van der Waals surface area contributed by atoms with E-state index >= 15 is 0 Å². The maximum atomic E-state index is 12.7. The Morgan fingerprint density at radius 3 is 1.34 bits per heavy atom. The van der Waals surface area contributed by atoms with Crippen LogP contribution in [0.3, 0.4) is 0 Å². The van der Waals surface area contributed by atoms with Gasteiger partial charge >= 0.3 is 19.8 Å². The van der Waals surface area contributed by atoms with Crippen molar-refractivity contribution in [2.75, 3.05) is 26.4 Å². The number of nitrogens with two attached hydrogens (primary N) is 1. The second-order valence-corrected chi connectivity index (χ2v) is 18.7. The minimum Gasteiger partial charge on any atom is -0.480 e. The molecule has 62 heavy (non-hydrogen) atoms. The van der Waals surface area contributed by atoms with Crippen molar-refractivity contribution in [3.8, 4) is 0 Å². The molecular formula is C51H96NO9P. The second kappa shape index (κ2) is 47.2. The summed E-state index contributed by atoms with van der Waals surface area (Å²) in [6, 6.07) is -1.47. The molecule has 11 heteroatoms. The van der Waals surface area contributed by atoms with Crippen molar-refractivity contribution < 1.29 is 42.7 Å². The van der Waals surface area contributed by atoms with Crippen LogP contribution in [0.1, 0.15) is 239 Å². The number of ether oxygens (including phenoxy) is 2. The molecular weight excluding hydrogens is 802 g/mol. The van der Waals surface area contributed by atoms with Crippen LogP contribution in [0.4, 0.5) is 0 Å². The molecule has 0 heterocycles. The lowest BCUT2D eigenvalue weighted by Gasteiger charge is -2.20. The standard InChI is InChI=1S/C51H96NO9P/c1-3-5-7-9-11-13-15-17-19-21-23-24-25-26-28-30-32-34-36-38-40-42-44-58-45-48(46-59-62(56,57)60-47-49(52)51(54)55)61-50(53)43-41-39-37-35-33-31-29-27-22-20-18-16-14-12-10-8-6-4-2/h14,16,20-23,48-49H,3-13,15,17-19,24-47,52H2,1-2H3,(H,54,55)(H,56,57)/b16-14-,22-20-,23-21-. The largest absolute Gasteiger partial charge is 0.480 e. The Balaban J connectivity index is 4.14. The summed E-state index contributed by atoms with van der Waals surface area (Å²) in [6.45, 7) is 3.89. The van der Waals surface area contributed by atoms with Crippen molar-refractivity contribution in [2.24, 2.45) is 5.73 Å². The molecule has 0 saturated heterocycles. The van der Waals surface area contributed by atoms with E-state index in [2.05, 4.69) is 50.3 Å². The van der Waals surface area contributed by atoms with Crippen molar-refractivity contribution >= 4 is 19.8 Å². The maximum Gasteiger partial charge on any atom is 0.472 e. The highest BCUT2D eigenvalue weighted by Gasteiger charge is 2.27. The molecule has 0 aliphatic heterocycles. The zero-order valence-corrected chi connectivity index (χ0v) is 40.9. The maximum absolute atomic E-state index is 12.7. The molecule has 3 unspecified atom stereocenters. The Hall–Kier alpha value is -1.81. The number of hydrogen-bond donors (Lipinski definition) is 3. The number of rotatable bonds is 49. The van der Waals surface area contributed by atoms with Gasteiger partial charge in [-0.2, -0.15) is 0 Å². The molecule has 0 aliphatic carbocycles. The van der Waals surface area contributed by atoms with Gasteiger partial charge in [-0.05, 0) is 70.6 Å². The molecule has 0 aromatic rings. The number of aliphatic carboxylic acids is 1. The fourth-order valence-electron chi connectivity index (χ4n) is 7.16. The normalized spacial score (nSPS) is 14.0. The lowest BCUT2D eigenvalue weighted by molar-refractivity contribution is -0.154. The van der Waals surface area contributed by atoms with E-state index in [0.717, 1.165) is 51.4 Å². The molecule has 10 nitrogen and oxygen atoms in total. The first-order valence-corrected chi connectivity index (χ1v) is 27.0. The SMILES string of the molecule is CCCCCC/C=C\C/C=C\CCCCCCCCCC(=O)OC(COCCCCCCCCCCCC/C=C\CCCCCCCCCC)COP(=O)(O)OCC(N)C(=O)O. The van der Waals surface area contributed by atoms with Gasteiger partial charge in [-0.25, -0.2) is 4.57 Å². The number of carboxylic acid groups (broad SMARTS) is 1. The van der Waals surface area contributed by atoms with E-state index in [-0.39, 0.29) is 13.0 Å². The third kappa shape index (κ3) is 46.2. The third-order valence-electron chi connectivity index (χ3n) is 11.1. The molecule has 0 spiro atoms. The van der Waals surface area contributed by atoms with E-state index in [4.69, 9.17) is 29.4 Å². The van der Waals surface area contributed by atoms with Crippen LogP contribution in [-0.2, 0) is 32.7 Å². The average Bonchev–Trinajstić information content (AvgIpc) is 3.25. The first-order valence-electron chi connectivity index (χ1n) is 25.5. The predicted molar refractivity (Wildman–Crippen MR) is 258 cm³/mol. The Morgan fingerprint density at radius 1 is 0.516 bits per heavy atom. The van der Waals surface area contributed by atoms with Gasteiger partial charge in [0.25, 0.3) is 0 Å². The average molecular weight is 898 g/mol. The zero-order valence-electron chi connectivity index (χ0n) is 40.0. The van der Waals surface area contributed by atoms with E-state index in [1.807, 2.05) is 0 Å². The number of phosphoric ester groups is 1. The number of phosphoric acid groups is 1. The first-order chi connectivity index (χ1) is 30.2. The lowest BCUT2D eigenvalue weighted by atomic mass is 10.1. The highest BCUT2D eigenvalue weighted by atomic mass is 31.2. The zero-order chi connectivity index (χ0) is 45.5. The highest BCUT2D eigenvalue weighted by molar-refractivity contribution is 7.47. The van der Waals surface area contributed by atoms with E-state index < -0.39 is 45.1 Å². The number of allylic oxidation sites excluding steroid dienone is 6. The van der Waals surface area contributed by atoms with Crippen molar-refractivity contribution in [3.63, 3.8) is 0 Å². The second-order valence-electron chi connectivity index (χ2n) is 17.3. The minimum atomic E-state index is -4.62. The van der Waals surface area contributed by atoms with Crippen LogP contribution >= 0.6 is 7.82 Å². The molecule has 0 aromatic carbocycles. The molecule has 0 bridgehead atoms. The number of hydrogen-bond acceptors (Lipinski definition) is 8. The number of unbranched alkanes of at least 4 members (excludes halogenated alkanes) is 29. The summed E-state index contributed by atoms with van der Waals surface area (Å²) < 4.78 is 33.5. The molecule has 3 atom stereocenters. The van der Waals surface area contributed by atoms with Crippen LogP contribution in [0.25, 0.3) is 0 Å². The Labute approximate surface area is 380 Å². The van der Waals surface area contributed by atoms with Gasteiger partial charge in [-0.1, -0.05) is 198 Å². The van der Waals surface area contributed by atoms with Gasteiger partial charge in [0.05, 0.1) is 19.8 Å². The quantitative estimate of drug-likeness (QED) is 0.0233. The molecule has 0 radical (unpaired) electrons. The summed E-state index contributed by atoms with van der Waals surface area (Å²) in [5.74, 6) is -1.78. The molecule has 4 N–H and O–H groups in total. The Bertz CT molecular complexity index is 1130. The van der Waals surface area contributed by atoms with Crippen molar-refractivity contribution in [3.05, 3.63) is 36.5 Å². The summed E-state index contributed by atoms with van der Waals surface area (Å²) in [7, 11) is -4.62. The molecule has 0 amide bonds. The lowest BCUT2D eigenvalue weighted by Crippen LogP contribution is -2.34.